The minimum atomic E-state index is -4.67. The zero-order chi connectivity index (χ0) is 16.5. The van der Waals surface area contributed by atoms with Crippen molar-refractivity contribution in [2.45, 2.75) is 31.5 Å². The summed E-state index contributed by atoms with van der Waals surface area (Å²) in [5, 5.41) is 5.20. The first-order valence-electron chi connectivity index (χ1n) is 6.66. The molecule has 2 N–H and O–H groups in total. The fraction of sp³-hybridized carbons (Fsp3) is 0.615. The van der Waals surface area contributed by atoms with Crippen molar-refractivity contribution in [3.8, 4) is 0 Å². The number of hydrogen-bond acceptors (Lipinski definition) is 3. The minimum Gasteiger partial charge on any atom is -0.366 e. The number of halogens is 6. The van der Waals surface area contributed by atoms with Crippen molar-refractivity contribution in [3.63, 3.8) is 0 Å². The molecule has 0 amide bonds. The second-order valence-corrected chi connectivity index (χ2v) is 5.46. The Morgan fingerprint density at radius 3 is 2.64 bits per heavy atom. The number of aromatic nitrogens is 1. The molecular weight excluding hydrogens is 312 g/mol. The van der Waals surface area contributed by atoms with Gasteiger partial charge < -0.3 is 10.6 Å². The fourth-order valence-electron chi connectivity index (χ4n) is 2.37. The van der Waals surface area contributed by atoms with Gasteiger partial charge in [0.05, 0.1) is 12.1 Å². The summed E-state index contributed by atoms with van der Waals surface area (Å²) in [4.78, 5) is 3.40. The third kappa shape index (κ3) is 4.02. The molecule has 0 aromatic carbocycles. The molecule has 1 aliphatic rings. The van der Waals surface area contributed by atoms with Gasteiger partial charge in [0.15, 0.2) is 11.6 Å². The van der Waals surface area contributed by atoms with Gasteiger partial charge in [0.2, 0.25) is 0 Å². The van der Waals surface area contributed by atoms with Gasteiger partial charge in [-0.25, -0.2) is 18.2 Å². The van der Waals surface area contributed by atoms with Crippen LogP contribution in [-0.4, -0.2) is 30.0 Å². The van der Waals surface area contributed by atoms with Crippen LogP contribution in [0.3, 0.4) is 0 Å². The van der Waals surface area contributed by atoms with Gasteiger partial charge in [0, 0.05) is 25.2 Å². The molecule has 1 fully saturated rings. The van der Waals surface area contributed by atoms with Gasteiger partial charge in [-0.2, -0.15) is 13.2 Å². The predicted molar refractivity (Wildman–Crippen MR) is 68.2 cm³/mol. The first kappa shape index (κ1) is 16.9. The zero-order valence-corrected chi connectivity index (χ0v) is 11.6. The lowest BCUT2D eigenvalue weighted by atomic mass is 9.90. The zero-order valence-electron chi connectivity index (χ0n) is 11.6. The number of alkyl halides is 5. The molecule has 1 saturated heterocycles. The summed E-state index contributed by atoms with van der Waals surface area (Å²) < 4.78 is 77.1. The van der Waals surface area contributed by atoms with E-state index in [1.54, 1.807) is 6.92 Å². The van der Waals surface area contributed by atoms with Crippen molar-refractivity contribution < 1.29 is 26.3 Å². The Bertz CT molecular complexity index is 531. The van der Waals surface area contributed by atoms with Crippen LogP contribution < -0.4 is 10.6 Å². The van der Waals surface area contributed by atoms with Gasteiger partial charge in [0.1, 0.15) is 0 Å². The van der Waals surface area contributed by atoms with E-state index in [1.807, 2.05) is 0 Å². The molecule has 9 heteroatoms. The number of nitrogens with one attached hydrogen (secondary N) is 2. The molecule has 2 rings (SSSR count). The van der Waals surface area contributed by atoms with Gasteiger partial charge in [0.25, 0.3) is 5.92 Å². The van der Waals surface area contributed by atoms with Crippen LogP contribution in [0.4, 0.5) is 32.2 Å². The van der Waals surface area contributed by atoms with Gasteiger partial charge in [-0.05, 0) is 12.0 Å². The summed E-state index contributed by atoms with van der Waals surface area (Å²) >= 11 is 0. The van der Waals surface area contributed by atoms with Crippen molar-refractivity contribution in [1.82, 2.24) is 10.3 Å². The largest absolute Gasteiger partial charge is 0.417 e. The van der Waals surface area contributed by atoms with Gasteiger partial charge in [-0.3, -0.25) is 0 Å². The topological polar surface area (TPSA) is 37.0 Å². The first-order valence-corrected chi connectivity index (χ1v) is 6.66. The molecule has 0 bridgehead atoms. The molecule has 1 aromatic heterocycles. The summed E-state index contributed by atoms with van der Waals surface area (Å²) in [5.41, 5.74) is -1.18. The number of nitrogens with zero attached hydrogens (tertiary/aromatic N) is 1. The average Bonchev–Trinajstić information content (AvgIpc) is 2.37. The van der Waals surface area contributed by atoms with Gasteiger partial charge in [-0.15, -0.1) is 0 Å². The molecule has 0 spiro atoms. The number of pyridine rings is 1. The van der Waals surface area contributed by atoms with E-state index in [-0.39, 0.29) is 30.7 Å². The smallest absolute Gasteiger partial charge is 0.366 e. The highest BCUT2D eigenvalue weighted by Crippen LogP contribution is 2.31. The van der Waals surface area contributed by atoms with E-state index >= 15 is 0 Å². The molecule has 2 unspecified atom stereocenters. The third-order valence-electron chi connectivity index (χ3n) is 3.59. The molecule has 22 heavy (non-hydrogen) atoms. The molecule has 0 aliphatic carbocycles. The highest BCUT2D eigenvalue weighted by atomic mass is 19.4. The van der Waals surface area contributed by atoms with E-state index in [2.05, 4.69) is 15.6 Å². The quantitative estimate of drug-likeness (QED) is 0.837. The molecule has 1 aromatic rings. The second-order valence-electron chi connectivity index (χ2n) is 5.46. The Kier molecular flexibility index (Phi) is 4.55. The van der Waals surface area contributed by atoms with E-state index in [4.69, 9.17) is 0 Å². The lowest BCUT2D eigenvalue weighted by Crippen LogP contribution is -2.52. The van der Waals surface area contributed by atoms with Crippen molar-refractivity contribution in [3.05, 3.63) is 23.6 Å². The third-order valence-corrected chi connectivity index (χ3v) is 3.59. The highest BCUT2D eigenvalue weighted by Gasteiger charge is 2.39. The van der Waals surface area contributed by atoms with E-state index in [0.29, 0.717) is 12.3 Å². The lowest BCUT2D eigenvalue weighted by Gasteiger charge is -2.35. The summed E-state index contributed by atoms with van der Waals surface area (Å²) in [6.07, 6.45) is -4.44. The number of hydrogen-bond donors (Lipinski definition) is 2. The average molecular weight is 327 g/mol. The van der Waals surface area contributed by atoms with E-state index in [0.717, 1.165) is 0 Å². The second kappa shape index (κ2) is 5.94. The Labute approximate surface area is 123 Å². The fourth-order valence-corrected chi connectivity index (χ4v) is 2.37. The van der Waals surface area contributed by atoms with Crippen molar-refractivity contribution in [2.75, 3.05) is 18.4 Å². The molecule has 124 valence electrons. The number of piperidine rings is 1. The first-order chi connectivity index (χ1) is 10.1. The molecule has 3 nitrogen and oxygen atoms in total. The van der Waals surface area contributed by atoms with Crippen LogP contribution in [0.15, 0.2) is 12.3 Å². The van der Waals surface area contributed by atoms with Crippen molar-refractivity contribution >= 4 is 5.82 Å². The summed E-state index contributed by atoms with van der Waals surface area (Å²) in [5.74, 6) is -4.62. The van der Waals surface area contributed by atoms with Gasteiger partial charge in [-0.1, -0.05) is 6.92 Å². The van der Waals surface area contributed by atoms with Crippen LogP contribution in [0.25, 0.3) is 0 Å². The maximum absolute atomic E-state index is 13.6. The molecule has 0 saturated carbocycles. The Balaban J connectivity index is 1.98. The minimum absolute atomic E-state index is 0.0898. The SMILES string of the molecule is CC1CC(F)(F)CNC1CNc1ncc(C(F)(F)F)cc1F. The number of rotatable bonds is 3. The van der Waals surface area contributed by atoms with E-state index in [9.17, 15) is 26.3 Å². The summed E-state index contributed by atoms with van der Waals surface area (Å²) in [6, 6.07) is 0.00409. The van der Waals surface area contributed by atoms with Crippen LogP contribution >= 0.6 is 0 Å². The Hall–Kier alpha value is -1.51. The lowest BCUT2D eigenvalue weighted by molar-refractivity contribution is -0.138. The number of anilines is 1. The monoisotopic (exact) mass is 327 g/mol. The predicted octanol–water partition coefficient (Wildman–Crippen LogP) is 3.28. The molecule has 0 radical (unpaired) electrons. The summed E-state index contributed by atoms with van der Waals surface area (Å²) in [6.45, 7) is 1.24. The standard InChI is InChI=1S/C13H15F6N3/c1-7-3-12(15,16)6-22-10(7)5-21-11-9(14)2-8(4-20-11)13(17,18)19/h2,4,7,10,22H,3,5-6H2,1H3,(H,20,21). The van der Waals surface area contributed by atoms with Crippen LogP contribution in [-0.2, 0) is 6.18 Å². The molecule has 2 atom stereocenters. The molecular formula is C13H15F6N3. The van der Waals surface area contributed by atoms with Crippen LogP contribution in [0.1, 0.15) is 18.9 Å². The molecule has 2 heterocycles. The van der Waals surface area contributed by atoms with Crippen LogP contribution in [0.5, 0.6) is 0 Å². The van der Waals surface area contributed by atoms with E-state index < -0.39 is 30.0 Å². The maximum atomic E-state index is 13.6. The van der Waals surface area contributed by atoms with Gasteiger partial charge >= 0.3 is 6.18 Å². The summed E-state index contributed by atoms with van der Waals surface area (Å²) in [7, 11) is 0. The Morgan fingerprint density at radius 2 is 2.09 bits per heavy atom. The van der Waals surface area contributed by atoms with E-state index in [1.165, 1.54) is 0 Å². The normalized spacial score (nSPS) is 25.0. The maximum Gasteiger partial charge on any atom is 0.417 e. The van der Waals surface area contributed by atoms with Crippen molar-refractivity contribution in [2.24, 2.45) is 5.92 Å². The highest BCUT2D eigenvalue weighted by molar-refractivity contribution is 5.38. The Morgan fingerprint density at radius 1 is 1.41 bits per heavy atom. The van der Waals surface area contributed by atoms with Crippen molar-refractivity contribution in [1.29, 1.82) is 0 Å². The van der Waals surface area contributed by atoms with Crippen LogP contribution in [0.2, 0.25) is 0 Å². The molecule has 1 aliphatic heterocycles. The van der Waals surface area contributed by atoms with Crippen LogP contribution in [0, 0.1) is 11.7 Å².